The summed E-state index contributed by atoms with van der Waals surface area (Å²) in [5.74, 6) is -0.805. The van der Waals surface area contributed by atoms with E-state index in [9.17, 15) is 19.6 Å². The van der Waals surface area contributed by atoms with Gasteiger partial charge in [-0.25, -0.2) is 19.5 Å². The van der Waals surface area contributed by atoms with E-state index >= 15 is 0 Å². The predicted molar refractivity (Wildman–Crippen MR) is 137 cm³/mol. The number of ether oxygens (including phenoxy) is 2. The molecule has 1 aromatic carbocycles. The van der Waals surface area contributed by atoms with Crippen LogP contribution in [-0.2, 0) is 23.4 Å². The van der Waals surface area contributed by atoms with Crippen LogP contribution in [0.1, 0.15) is 27.0 Å². The molecule has 5 rings (SSSR count). The number of azide groups is 1. The number of rotatable bonds is 10. The molecule has 3 heterocycles. The smallest absolute Gasteiger partial charge is 0.459 e. The van der Waals surface area contributed by atoms with E-state index < -0.39 is 56.0 Å². The van der Waals surface area contributed by atoms with Crippen molar-refractivity contribution in [1.29, 1.82) is 0 Å². The molecule has 2 aliphatic rings. The average molecular weight is 575 g/mol. The molecule has 0 bridgehead atoms. The Hall–Kier alpha value is -3.82. The minimum absolute atomic E-state index is 0.00843. The quantitative estimate of drug-likeness (QED) is 0.0888. The maximum absolute atomic E-state index is 13.9. The molecule has 212 valence electrons. The molecule has 2 fully saturated rings. The highest BCUT2D eigenvalue weighted by molar-refractivity contribution is 7.52. The summed E-state index contributed by atoms with van der Waals surface area (Å²) in [6, 6.07) is 6.91. The zero-order valence-corrected chi connectivity index (χ0v) is 22.3. The van der Waals surface area contributed by atoms with E-state index in [0.717, 1.165) is 6.33 Å². The average Bonchev–Trinajstić information content (AvgIpc) is 3.14. The van der Waals surface area contributed by atoms with Crippen molar-refractivity contribution in [2.45, 2.75) is 63.1 Å². The Labute approximate surface area is 226 Å². The molecule has 1 aliphatic heterocycles. The highest BCUT2D eigenvalue weighted by Crippen LogP contribution is 2.61. The van der Waals surface area contributed by atoms with Crippen LogP contribution in [0.25, 0.3) is 21.6 Å². The molecule has 17 nitrogen and oxygen atoms in total. The first-order valence-corrected chi connectivity index (χ1v) is 13.6. The molecule has 5 N–H and O–H groups in total. The van der Waals surface area contributed by atoms with Crippen molar-refractivity contribution in [1.82, 2.24) is 24.6 Å². The zero-order chi connectivity index (χ0) is 28.8. The molecule has 1 aliphatic carbocycles. The lowest BCUT2D eigenvalue weighted by atomic mass is 10.1. The van der Waals surface area contributed by atoms with Crippen LogP contribution in [0.4, 0.5) is 11.8 Å². The molecule has 3 aromatic rings. The highest BCUT2D eigenvalue weighted by atomic mass is 31.2. The monoisotopic (exact) mass is 575 g/mol. The molecule has 0 radical (unpaired) electrons. The van der Waals surface area contributed by atoms with Crippen LogP contribution in [0.5, 0.6) is 5.75 Å². The number of hydrogen-bond acceptors (Lipinski definition) is 13. The summed E-state index contributed by atoms with van der Waals surface area (Å²) in [5, 5.41) is 28.5. The number of esters is 1. The van der Waals surface area contributed by atoms with E-state index in [1.807, 2.05) is 0 Å². The van der Waals surface area contributed by atoms with Crippen LogP contribution in [0.2, 0.25) is 0 Å². The fourth-order valence-corrected chi connectivity index (χ4v) is 6.09. The Morgan fingerprint density at radius 1 is 1.32 bits per heavy atom. The van der Waals surface area contributed by atoms with Crippen LogP contribution < -0.4 is 15.3 Å². The number of aliphatic hydroxyl groups is 2. The highest BCUT2D eigenvalue weighted by Gasteiger charge is 2.79. The van der Waals surface area contributed by atoms with E-state index in [0.29, 0.717) is 0 Å². The molecule has 0 spiro atoms. The van der Waals surface area contributed by atoms with E-state index in [2.05, 4.69) is 30.1 Å². The summed E-state index contributed by atoms with van der Waals surface area (Å²) in [4.78, 5) is 27.2. The lowest BCUT2D eigenvalue weighted by Gasteiger charge is -2.27. The number of fused-ring (bicyclic) bond motifs is 2. The second-order valence-electron chi connectivity index (χ2n) is 9.45. The van der Waals surface area contributed by atoms with Crippen molar-refractivity contribution >= 4 is 36.6 Å². The van der Waals surface area contributed by atoms with Crippen LogP contribution in [-0.4, -0.2) is 71.8 Å². The van der Waals surface area contributed by atoms with Crippen molar-refractivity contribution in [3.8, 4) is 5.75 Å². The van der Waals surface area contributed by atoms with Gasteiger partial charge in [0.05, 0.1) is 6.10 Å². The number of nitrogens with one attached hydrogen (secondary N) is 1. The van der Waals surface area contributed by atoms with Gasteiger partial charge in [-0.05, 0) is 43.5 Å². The molecule has 7 atom stereocenters. The molecule has 1 saturated heterocycles. The first kappa shape index (κ1) is 27.7. The third-order valence-corrected chi connectivity index (χ3v) is 7.92. The van der Waals surface area contributed by atoms with Gasteiger partial charge in [0, 0.05) is 4.91 Å². The normalized spacial score (nSPS) is 27.4. The Morgan fingerprint density at radius 3 is 2.67 bits per heavy atom. The van der Waals surface area contributed by atoms with E-state index in [4.69, 9.17) is 29.8 Å². The maximum atomic E-state index is 13.9. The van der Waals surface area contributed by atoms with Gasteiger partial charge in [0.1, 0.15) is 36.4 Å². The van der Waals surface area contributed by atoms with E-state index in [1.165, 1.54) is 23.6 Å². The SMILES string of the molecule is CC(C)OC(=O)[C@@H](C)NP(=O)(Oc1ccccc1)O[C@H]1[C@H]2O[C@@H](n3c(N=[N+]=[N-])nc4c(N)ncnc43)[C@H](O)[C@]21O. The zero-order valence-electron chi connectivity index (χ0n) is 21.4. The largest absolute Gasteiger partial charge is 0.462 e. The minimum Gasteiger partial charge on any atom is -0.462 e. The lowest BCUT2D eigenvalue weighted by Crippen LogP contribution is -2.39. The number of aromatic nitrogens is 4. The molecular formula is C22H26N9O8P. The second-order valence-corrected chi connectivity index (χ2v) is 11.1. The lowest BCUT2D eigenvalue weighted by molar-refractivity contribution is -0.149. The van der Waals surface area contributed by atoms with E-state index in [-0.39, 0.29) is 28.7 Å². The van der Waals surface area contributed by atoms with Gasteiger partial charge in [-0.15, -0.1) is 0 Å². The van der Waals surface area contributed by atoms with Gasteiger partial charge in [-0.3, -0.25) is 13.9 Å². The number of nitrogens with zero attached hydrogens (tertiary/aromatic N) is 7. The third-order valence-electron chi connectivity index (χ3n) is 6.26. The molecule has 0 amide bonds. The van der Waals surface area contributed by atoms with Crippen molar-refractivity contribution in [2.75, 3.05) is 5.73 Å². The number of para-hydroxylation sites is 1. The first-order valence-electron chi connectivity index (χ1n) is 12.1. The summed E-state index contributed by atoms with van der Waals surface area (Å²) in [6.07, 6.45) is -4.85. The Morgan fingerprint density at radius 2 is 2.05 bits per heavy atom. The van der Waals surface area contributed by atoms with Crippen molar-refractivity contribution < 1.29 is 38.1 Å². The number of aliphatic hydroxyl groups excluding tert-OH is 1. The second kappa shape index (κ2) is 10.3. The van der Waals surface area contributed by atoms with Crippen LogP contribution in [0.15, 0.2) is 41.8 Å². The predicted octanol–water partition coefficient (Wildman–Crippen LogP) is 1.86. The van der Waals surface area contributed by atoms with Gasteiger partial charge < -0.3 is 29.9 Å². The molecule has 1 unspecified atom stereocenters. The van der Waals surface area contributed by atoms with Crippen molar-refractivity contribution in [3.05, 3.63) is 47.1 Å². The molecular weight excluding hydrogens is 549 g/mol. The Balaban J connectivity index is 1.40. The number of nitrogen functional groups attached to an aromatic ring is 1. The summed E-state index contributed by atoms with van der Waals surface area (Å²) in [5.41, 5.74) is 13.0. The number of nitrogens with two attached hydrogens (primary N) is 1. The van der Waals surface area contributed by atoms with Crippen molar-refractivity contribution in [2.24, 2.45) is 5.11 Å². The van der Waals surface area contributed by atoms with Gasteiger partial charge in [0.15, 0.2) is 28.8 Å². The Kier molecular flexibility index (Phi) is 7.14. The molecule has 1 saturated carbocycles. The number of anilines is 1. The molecule has 40 heavy (non-hydrogen) atoms. The minimum atomic E-state index is -4.38. The van der Waals surface area contributed by atoms with E-state index in [1.54, 1.807) is 32.0 Å². The van der Waals surface area contributed by atoms with Gasteiger partial charge in [-0.1, -0.05) is 18.2 Å². The molecule has 2 aromatic heterocycles. The van der Waals surface area contributed by atoms with Crippen LogP contribution >= 0.6 is 7.75 Å². The number of carbonyl (C=O) groups is 1. The van der Waals surface area contributed by atoms with Gasteiger partial charge >= 0.3 is 13.7 Å². The number of imidazole rings is 1. The summed E-state index contributed by atoms with van der Waals surface area (Å²) in [7, 11) is -4.38. The summed E-state index contributed by atoms with van der Waals surface area (Å²) in [6.45, 7) is 4.73. The topological polar surface area (TPSA) is 242 Å². The van der Waals surface area contributed by atoms with Crippen LogP contribution in [0, 0.1) is 0 Å². The number of benzene rings is 1. The maximum Gasteiger partial charge on any atom is 0.459 e. The van der Waals surface area contributed by atoms with Gasteiger partial charge in [-0.2, -0.15) is 5.09 Å². The summed E-state index contributed by atoms with van der Waals surface area (Å²) >= 11 is 0. The fraction of sp³-hybridized carbons (Fsp3) is 0.455. The third kappa shape index (κ3) is 4.84. The van der Waals surface area contributed by atoms with Gasteiger partial charge in [0.2, 0.25) is 5.95 Å². The first-order chi connectivity index (χ1) is 19.0. The van der Waals surface area contributed by atoms with Crippen LogP contribution in [0.3, 0.4) is 0 Å². The van der Waals surface area contributed by atoms with Crippen molar-refractivity contribution in [3.63, 3.8) is 0 Å². The fourth-order valence-electron chi connectivity index (χ4n) is 4.37. The molecule has 18 heteroatoms. The Bertz CT molecular complexity index is 1530. The number of hydrogen-bond donors (Lipinski definition) is 4. The summed E-state index contributed by atoms with van der Waals surface area (Å²) < 4.78 is 37.4. The standard InChI is InChI=1S/C22H26N9O8P/c1-10(2)36-20(33)11(3)29-40(35,38-12-7-5-4-6-8-12)39-16-15-22(16,34)14(32)19(37-15)31-18-13(17(23)25-9-26-18)27-21(31)28-30-24/h4-11,14-16,19,32,34H,1-3H3,(H,29,35)(H2,23,25,26)/t11-,14+,15-,16+,19-,22+,40?/m1/s1. The van der Waals surface area contributed by atoms with Gasteiger partial charge in [0.25, 0.3) is 0 Å². The number of carbonyl (C=O) groups excluding carboxylic acids is 1.